The number of ether oxygens (including phenoxy) is 3. The van der Waals surface area contributed by atoms with Gasteiger partial charge < -0.3 is 54.4 Å². The number of aromatic hydroxyl groups is 3. The molecule has 5 atom stereocenters. The van der Waals surface area contributed by atoms with E-state index in [9.17, 15) is 40.5 Å². The number of aliphatic hydroxyl groups is 4. The van der Waals surface area contributed by atoms with Gasteiger partial charge in [-0.25, -0.2) is 0 Å². The van der Waals surface area contributed by atoms with Crippen LogP contribution in [-0.2, 0) is 4.74 Å². The lowest BCUT2D eigenvalue weighted by Gasteiger charge is -2.39. The van der Waals surface area contributed by atoms with Crippen molar-refractivity contribution in [2.75, 3.05) is 13.7 Å². The minimum atomic E-state index is -1.83. The second kappa shape index (κ2) is 9.00. The van der Waals surface area contributed by atoms with Gasteiger partial charge in [0.2, 0.25) is 17.5 Å². The number of methoxy groups -OCH3 is 1. The van der Waals surface area contributed by atoms with Gasteiger partial charge in [-0.05, 0) is 18.2 Å². The molecule has 0 amide bonds. The summed E-state index contributed by atoms with van der Waals surface area (Å²) in [4.78, 5) is 13.3. The van der Waals surface area contributed by atoms with Gasteiger partial charge in [-0.3, -0.25) is 4.79 Å². The van der Waals surface area contributed by atoms with Gasteiger partial charge in [0.25, 0.3) is 0 Å². The van der Waals surface area contributed by atoms with Crippen molar-refractivity contribution in [2.45, 2.75) is 30.7 Å². The molecule has 4 rings (SSSR count). The van der Waals surface area contributed by atoms with Crippen molar-refractivity contribution < 1.29 is 54.4 Å². The van der Waals surface area contributed by atoms with E-state index in [-0.39, 0.29) is 39.5 Å². The fourth-order valence-electron chi connectivity index (χ4n) is 3.67. The van der Waals surface area contributed by atoms with Crippen molar-refractivity contribution in [2.24, 2.45) is 0 Å². The predicted octanol–water partition coefficient (Wildman–Crippen LogP) is -0.236. The van der Waals surface area contributed by atoms with Crippen molar-refractivity contribution in [1.29, 1.82) is 0 Å². The summed E-state index contributed by atoms with van der Waals surface area (Å²) in [6, 6.07) is 5.96. The second-order valence-corrected chi connectivity index (χ2v) is 7.63. The average molecular weight is 478 g/mol. The molecule has 182 valence electrons. The summed E-state index contributed by atoms with van der Waals surface area (Å²) in [5, 5.41) is 69.4. The summed E-state index contributed by atoms with van der Waals surface area (Å²) in [7, 11) is 1.30. The second-order valence-electron chi connectivity index (χ2n) is 7.63. The molecular weight excluding hydrogens is 456 g/mol. The van der Waals surface area contributed by atoms with Crippen LogP contribution < -0.4 is 14.9 Å². The van der Waals surface area contributed by atoms with Crippen LogP contribution in [0.4, 0.5) is 0 Å². The van der Waals surface area contributed by atoms with Gasteiger partial charge in [0.15, 0.2) is 17.3 Å². The van der Waals surface area contributed by atoms with Gasteiger partial charge in [0, 0.05) is 17.7 Å². The average Bonchev–Trinajstić information content (AvgIpc) is 2.80. The molecule has 34 heavy (non-hydrogen) atoms. The highest BCUT2D eigenvalue weighted by Crippen LogP contribution is 2.39. The number of rotatable bonds is 5. The minimum Gasteiger partial charge on any atom is -0.508 e. The monoisotopic (exact) mass is 478 g/mol. The lowest BCUT2D eigenvalue weighted by atomic mass is 9.99. The van der Waals surface area contributed by atoms with Crippen LogP contribution in [-0.4, -0.2) is 80.2 Å². The van der Waals surface area contributed by atoms with Gasteiger partial charge >= 0.3 is 0 Å². The van der Waals surface area contributed by atoms with Crippen LogP contribution in [0.1, 0.15) is 0 Å². The van der Waals surface area contributed by atoms with Crippen molar-refractivity contribution in [3.8, 4) is 40.1 Å². The van der Waals surface area contributed by atoms with Crippen LogP contribution in [0.3, 0.4) is 0 Å². The maximum absolute atomic E-state index is 13.3. The zero-order chi connectivity index (χ0) is 24.7. The van der Waals surface area contributed by atoms with Crippen LogP contribution in [0, 0.1) is 0 Å². The molecule has 0 aliphatic carbocycles. The Morgan fingerprint density at radius 2 is 1.71 bits per heavy atom. The lowest BCUT2D eigenvalue weighted by molar-refractivity contribution is -0.277. The van der Waals surface area contributed by atoms with Crippen LogP contribution in [0.5, 0.6) is 28.7 Å². The number of phenolic OH excluding ortho intramolecular Hbond substituents is 3. The molecule has 0 saturated carbocycles. The van der Waals surface area contributed by atoms with E-state index in [4.69, 9.17) is 18.6 Å². The smallest absolute Gasteiger partial charge is 0.239 e. The standard InChI is InChI=1S/C22H22O12/c1-31-12-4-8(2-3-10(12)25)20-21(17(28)15-11(26)5-9(24)6-13(15)32-20)34-22-19(30)18(29)16(27)14(7-23)33-22/h2-6,14,16,18-19,22-27,29-30H,7H2,1H3/t14-,16-,18+,19+,22+/m1/s1. The lowest BCUT2D eigenvalue weighted by Crippen LogP contribution is -2.60. The first-order valence-electron chi connectivity index (χ1n) is 10.0. The first kappa shape index (κ1) is 23.6. The molecule has 1 saturated heterocycles. The van der Waals surface area contributed by atoms with Crippen molar-refractivity contribution >= 4 is 11.0 Å². The summed E-state index contributed by atoms with van der Waals surface area (Å²) < 4.78 is 21.8. The van der Waals surface area contributed by atoms with Crippen LogP contribution >= 0.6 is 0 Å². The molecule has 0 unspecified atom stereocenters. The number of fused-ring (bicyclic) bond motifs is 1. The van der Waals surface area contributed by atoms with E-state index in [1.807, 2.05) is 0 Å². The summed E-state index contributed by atoms with van der Waals surface area (Å²) in [5.74, 6) is -2.00. The molecule has 1 aromatic heterocycles. The molecular formula is C22H22O12. The van der Waals surface area contributed by atoms with Gasteiger partial charge in [0.1, 0.15) is 46.9 Å². The van der Waals surface area contributed by atoms with Crippen molar-refractivity contribution in [3.63, 3.8) is 0 Å². The largest absolute Gasteiger partial charge is 0.508 e. The third-order valence-electron chi connectivity index (χ3n) is 5.44. The zero-order valence-electron chi connectivity index (χ0n) is 17.7. The Morgan fingerprint density at radius 3 is 2.38 bits per heavy atom. The summed E-state index contributed by atoms with van der Waals surface area (Å²) >= 11 is 0. The highest BCUT2D eigenvalue weighted by molar-refractivity contribution is 5.88. The first-order valence-corrected chi connectivity index (χ1v) is 10.0. The maximum Gasteiger partial charge on any atom is 0.239 e. The van der Waals surface area contributed by atoms with Crippen LogP contribution in [0.25, 0.3) is 22.3 Å². The number of hydrogen-bond acceptors (Lipinski definition) is 12. The van der Waals surface area contributed by atoms with E-state index < -0.39 is 54.2 Å². The maximum atomic E-state index is 13.3. The summed E-state index contributed by atoms with van der Waals surface area (Å²) in [5.41, 5.74) is -0.959. The highest BCUT2D eigenvalue weighted by atomic mass is 16.7. The van der Waals surface area contributed by atoms with E-state index >= 15 is 0 Å². The van der Waals surface area contributed by atoms with Crippen molar-refractivity contribution in [3.05, 3.63) is 40.6 Å². The number of benzene rings is 2. The SMILES string of the molecule is COc1cc(-c2oc3cc(O)cc(O)c3c(=O)c2O[C@@H]2O[C@H](CO)[C@@H](O)[C@H](O)[C@@H]2O)ccc1O. The molecule has 2 heterocycles. The van der Waals surface area contributed by atoms with Gasteiger partial charge in [-0.2, -0.15) is 0 Å². The molecule has 2 aromatic carbocycles. The Balaban J connectivity index is 1.92. The third-order valence-corrected chi connectivity index (χ3v) is 5.44. The fraction of sp³-hybridized carbons (Fsp3) is 0.318. The van der Waals surface area contributed by atoms with E-state index in [0.29, 0.717) is 0 Å². The van der Waals surface area contributed by atoms with Gasteiger partial charge in [-0.1, -0.05) is 0 Å². The molecule has 1 fully saturated rings. The normalized spacial score (nSPS) is 24.8. The van der Waals surface area contributed by atoms with E-state index in [0.717, 1.165) is 12.1 Å². The van der Waals surface area contributed by atoms with Crippen LogP contribution in [0.2, 0.25) is 0 Å². The molecule has 0 radical (unpaired) electrons. The van der Waals surface area contributed by atoms with E-state index in [1.165, 1.54) is 25.3 Å². The molecule has 1 aliphatic rings. The Morgan fingerprint density at radius 1 is 0.971 bits per heavy atom. The van der Waals surface area contributed by atoms with Gasteiger partial charge in [-0.15, -0.1) is 0 Å². The molecule has 7 N–H and O–H groups in total. The van der Waals surface area contributed by atoms with Crippen LogP contribution in [0.15, 0.2) is 39.5 Å². The van der Waals surface area contributed by atoms with E-state index in [1.54, 1.807) is 0 Å². The molecule has 12 heteroatoms. The molecule has 1 aliphatic heterocycles. The summed E-state index contributed by atoms with van der Waals surface area (Å²) in [6.07, 6.45) is -8.29. The van der Waals surface area contributed by atoms with Gasteiger partial charge in [0.05, 0.1) is 13.7 Å². The number of aliphatic hydroxyl groups excluding tert-OH is 4. The number of phenols is 3. The fourth-order valence-corrected chi connectivity index (χ4v) is 3.67. The van der Waals surface area contributed by atoms with E-state index in [2.05, 4.69) is 0 Å². The Hall–Kier alpha value is -3.55. The van der Waals surface area contributed by atoms with Crippen molar-refractivity contribution in [1.82, 2.24) is 0 Å². The quantitative estimate of drug-likeness (QED) is 0.254. The minimum absolute atomic E-state index is 0.0257. The molecule has 0 spiro atoms. The molecule has 3 aromatic rings. The third kappa shape index (κ3) is 3.97. The topological polar surface area (TPSA) is 200 Å². The highest BCUT2D eigenvalue weighted by Gasteiger charge is 2.45. The number of hydrogen-bond donors (Lipinski definition) is 7. The molecule has 12 nitrogen and oxygen atoms in total. The first-order chi connectivity index (χ1) is 16.2. The Bertz CT molecular complexity index is 1270. The predicted molar refractivity (Wildman–Crippen MR) is 114 cm³/mol. The Kier molecular flexibility index (Phi) is 6.25. The zero-order valence-corrected chi connectivity index (χ0v) is 17.7. The Labute approximate surface area is 191 Å². The molecule has 0 bridgehead atoms. The summed E-state index contributed by atoms with van der Waals surface area (Å²) in [6.45, 7) is -0.723.